The maximum atomic E-state index is 11.9. The van der Waals surface area contributed by atoms with Crippen LogP contribution in [0.3, 0.4) is 0 Å². The van der Waals surface area contributed by atoms with Crippen LogP contribution in [0.15, 0.2) is 0 Å². The lowest BCUT2D eigenvalue weighted by molar-refractivity contribution is -0.149. The smallest absolute Gasteiger partial charge is 0.332 e. The molecule has 0 radical (unpaired) electrons. The number of nitrogens with one attached hydrogen (secondary N) is 2. The Labute approximate surface area is 125 Å². The van der Waals surface area contributed by atoms with Crippen molar-refractivity contribution in [1.29, 1.82) is 0 Å². The van der Waals surface area contributed by atoms with Gasteiger partial charge in [-0.05, 0) is 31.1 Å². The van der Waals surface area contributed by atoms with Crippen LogP contribution in [0, 0.1) is 11.8 Å². The van der Waals surface area contributed by atoms with E-state index in [9.17, 15) is 9.59 Å². The van der Waals surface area contributed by atoms with Crippen molar-refractivity contribution < 1.29 is 19.4 Å². The summed E-state index contributed by atoms with van der Waals surface area (Å²) in [5.41, 5.74) is 0. The van der Waals surface area contributed by atoms with Gasteiger partial charge in [0, 0.05) is 12.6 Å². The zero-order valence-corrected chi connectivity index (χ0v) is 12.8. The molecule has 0 spiro atoms. The van der Waals surface area contributed by atoms with Crippen LogP contribution in [0.1, 0.15) is 46.0 Å². The van der Waals surface area contributed by atoms with Crippen molar-refractivity contribution in [3.63, 3.8) is 0 Å². The number of carboxylic acid groups (broad SMARTS) is 1. The molecule has 1 aliphatic heterocycles. The van der Waals surface area contributed by atoms with Crippen LogP contribution in [0.5, 0.6) is 0 Å². The highest BCUT2D eigenvalue weighted by Crippen LogP contribution is 2.29. The molecule has 0 aromatic rings. The van der Waals surface area contributed by atoms with Crippen LogP contribution >= 0.6 is 0 Å². The van der Waals surface area contributed by atoms with Gasteiger partial charge in [0.15, 0.2) is 6.10 Å². The van der Waals surface area contributed by atoms with E-state index in [1.165, 1.54) is 6.42 Å². The predicted octanol–water partition coefficient (Wildman–Crippen LogP) is 1.74. The van der Waals surface area contributed by atoms with Gasteiger partial charge in [-0.3, -0.25) is 0 Å². The maximum Gasteiger partial charge on any atom is 0.332 e. The van der Waals surface area contributed by atoms with Gasteiger partial charge < -0.3 is 20.5 Å². The number of amides is 2. The van der Waals surface area contributed by atoms with Gasteiger partial charge in [-0.2, -0.15) is 0 Å². The minimum atomic E-state index is -0.924. The Hall–Kier alpha value is -1.30. The van der Waals surface area contributed by atoms with E-state index in [1.807, 2.05) is 0 Å². The van der Waals surface area contributed by atoms with Crippen LogP contribution in [0.4, 0.5) is 4.79 Å². The van der Waals surface area contributed by atoms with Crippen LogP contribution in [-0.4, -0.2) is 41.9 Å². The topological polar surface area (TPSA) is 87.7 Å². The number of hydrogen-bond donors (Lipinski definition) is 3. The lowest BCUT2D eigenvalue weighted by Crippen LogP contribution is -2.49. The average Bonchev–Trinajstić information content (AvgIpc) is 2.91. The number of hydrogen-bond acceptors (Lipinski definition) is 3. The Morgan fingerprint density at radius 2 is 1.95 bits per heavy atom. The second-order valence-electron chi connectivity index (χ2n) is 6.39. The zero-order valence-electron chi connectivity index (χ0n) is 12.8. The molecule has 3 N–H and O–H groups in total. The monoisotopic (exact) mass is 298 g/mol. The molecule has 0 aromatic carbocycles. The van der Waals surface area contributed by atoms with Crippen LogP contribution in [-0.2, 0) is 9.53 Å². The van der Waals surface area contributed by atoms with Gasteiger partial charge in [0.25, 0.3) is 0 Å². The summed E-state index contributed by atoms with van der Waals surface area (Å²) in [6, 6.07) is 0.0494. The van der Waals surface area contributed by atoms with Crippen molar-refractivity contribution in [2.45, 2.75) is 64.2 Å². The normalized spacial score (nSPS) is 36.2. The quantitative estimate of drug-likeness (QED) is 0.738. The third-order valence-electron chi connectivity index (χ3n) is 4.90. The van der Waals surface area contributed by atoms with Crippen molar-refractivity contribution in [2.24, 2.45) is 11.8 Å². The fourth-order valence-corrected chi connectivity index (χ4v) is 3.25. The molecule has 2 fully saturated rings. The van der Waals surface area contributed by atoms with Gasteiger partial charge in [0.2, 0.25) is 0 Å². The molecular weight excluding hydrogens is 272 g/mol. The molecule has 6 heteroatoms. The van der Waals surface area contributed by atoms with Crippen LogP contribution in [0.25, 0.3) is 0 Å². The third kappa shape index (κ3) is 4.33. The molecule has 2 rings (SSSR count). The predicted molar refractivity (Wildman–Crippen MR) is 78.0 cm³/mol. The van der Waals surface area contributed by atoms with E-state index in [1.54, 1.807) is 0 Å². The molecule has 1 heterocycles. The molecule has 2 aliphatic rings. The van der Waals surface area contributed by atoms with Gasteiger partial charge in [-0.25, -0.2) is 9.59 Å². The van der Waals surface area contributed by atoms with Crippen molar-refractivity contribution in [3.8, 4) is 0 Å². The average molecular weight is 298 g/mol. The fraction of sp³-hybridized carbons (Fsp3) is 0.867. The molecule has 0 aromatic heterocycles. The number of rotatable bonds is 4. The molecular formula is C15H26N2O4. The molecule has 1 aliphatic carbocycles. The first-order valence-electron chi connectivity index (χ1n) is 7.90. The standard InChI is InChI=1S/C15H26N2O4/c1-9-4-3-5-12(10(9)2)17-15(20)16-8-11-6-7-13(21-11)14(18)19/h9-13H,3-8H2,1-2H3,(H,18,19)(H2,16,17,20). The summed E-state index contributed by atoms with van der Waals surface area (Å²) >= 11 is 0. The van der Waals surface area contributed by atoms with Gasteiger partial charge in [-0.1, -0.05) is 26.7 Å². The van der Waals surface area contributed by atoms with E-state index in [2.05, 4.69) is 24.5 Å². The number of ether oxygens (including phenoxy) is 1. The van der Waals surface area contributed by atoms with Gasteiger partial charge in [0.1, 0.15) is 0 Å². The van der Waals surface area contributed by atoms with Crippen molar-refractivity contribution >= 4 is 12.0 Å². The molecule has 21 heavy (non-hydrogen) atoms. The summed E-state index contributed by atoms with van der Waals surface area (Å²) in [5.74, 6) is 0.203. The second-order valence-corrected chi connectivity index (χ2v) is 6.39. The highest BCUT2D eigenvalue weighted by molar-refractivity contribution is 5.74. The Bertz CT molecular complexity index is 388. The first-order chi connectivity index (χ1) is 9.97. The number of urea groups is 1. The summed E-state index contributed by atoms with van der Waals surface area (Å²) in [7, 11) is 0. The Kier molecular flexibility index (Phi) is 5.45. The SMILES string of the molecule is CC1CCCC(NC(=O)NCC2CCC(C(=O)O)O2)C1C. The molecule has 6 nitrogen and oxygen atoms in total. The lowest BCUT2D eigenvalue weighted by atomic mass is 9.78. The number of carbonyl (C=O) groups excluding carboxylic acids is 1. The highest BCUT2D eigenvalue weighted by atomic mass is 16.5. The summed E-state index contributed by atoms with van der Waals surface area (Å²) in [5, 5.41) is 14.7. The molecule has 120 valence electrons. The molecule has 0 bridgehead atoms. The first kappa shape index (κ1) is 16.1. The summed E-state index contributed by atoms with van der Waals surface area (Å²) in [6.07, 6.45) is 3.68. The maximum absolute atomic E-state index is 11.9. The number of carbonyl (C=O) groups is 2. The lowest BCUT2D eigenvalue weighted by Gasteiger charge is -2.34. The van der Waals surface area contributed by atoms with Crippen molar-refractivity contribution in [2.75, 3.05) is 6.54 Å². The van der Waals surface area contributed by atoms with E-state index >= 15 is 0 Å². The Balaban J connectivity index is 1.69. The third-order valence-corrected chi connectivity index (χ3v) is 4.90. The fourth-order valence-electron chi connectivity index (χ4n) is 3.25. The first-order valence-corrected chi connectivity index (χ1v) is 7.90. The summed E-state index contributed by atoms with van der Waals surface area (Å²) in [6.45, 7) is 4.79. The van der Waals surface area contributed by atoms with E-state index in [-0.39, 0.29) is 18.2 Å². The number of aliphatic carboxylic acids is 1. The Morgan fingerprint density at radius 1 is 1.19 bits per heavy atom. The molecule has 1 saturated carbocycles. The summed E-state index contributed by atoms with van der Waals surface area (Å²) in [4.78, 5) is 22.7. The van der Waals surface area contributed by atoms with Crippen LogP contribution < -0.4 is 10.6 Å². The highest BCUT2D eigenvalue weighted by Gasteiger charge is 2.31. The molecule has 2 amide bonds. The molecule has 5 atom stereocenters. The van der Waals surface area contributed by atoms with Gasteiger partial charge in [-0.15, -0.1) is 0 Å². The second kappa shape index (κ2) is 7.11. The zero-order chi connectivity index (χ0) is 15.4. The van der Waals surface area contributed by atoms with E-state index in [0.717, 1.165) is 12.8 Å². The Morgan fingerprint density at radius 3 is 2.62 bits per heavy atom. The summed E-state index contributed by atoms with van der Waals surface area (Å²) < 4.78 is 5.36. The molecule has 5 unspecified atom stereocenters. The van der Waals surface area contributed by atoms with Gasteiger partial charge in [0.05, 0.1) is 6.10 Å². The van der Waals surface area contributed by atoms with Gasteiger partial charge >= 0.3 is 12.0 Å². The number of carboxylic acids is 1. The van der Waals surface area contributed by atoms with Crippen molar-refractivity contribution in [1.82, 2.24) is 10.6 Å². The largest absolute Gasteiger partial charge is 0.479 e. The van der Waals surface area contributed by atoms with Crippen molar-refractivity contribution in [3.05, 3.63) is 0 Å². The van der Waals surface area contributed by atoms with Crippen LogP contribution in [0.2, 0.25) is 0 Å². The minimum Gasteiger partial charge on any atom is -0.479 e. The van der Waals surface area contributed by atoms with E-state index in [0.29, 0.717) is 31.2 Å². The van der Waals surface area contributed by atoms with E-state index < -0.39 is 12.1 Å². The van der Waals surface area contributed by atoms with E-state index in [4.69, 9.17) is 9.84 Å². The minimum absolute atomic E-state index is 0.177. The molecule has 1 saturated heterocycles.